The van der Waals surface area contributed by atoms with E-state index in [1.54, 1.807) is 24.7 Å². The number of halogens is 1. The van der Waals surface area contributed by atoms with E-state index in [0.717, 1.165) is 33.9 Å². The van der Waals surface area contributed by atoms with Crippen LogP contribution in [0.25, 0.3) is 21.5 Å². The molecule has 1 aliphatic rings. The zero-order chi connectivity index (χ0) is 19.8. The number of nitrogens with zero attached hydrogens (tertiary/aromatic N) is 4. The van der Waals surface area contributed by atoms with Crippen LogP contribution in [0.1, 0.15) is 18.5 Å². The Kier molecular flexibility index (Phi) is 4.55. The van der Waals surface area contributed by atoms with Gasteiger partial charge in [0.05, 0.1) is 10.2 Å². The van der Waals surface area contributed by atoms with Crippen molar-refractivity contribution in [2.24, 2.45) is 0 Å². The number of anilines is 1. The first kappa shape index (κ1) is 17.9. The highest BCUT2D eigenvalue weighted by Gasteiger charge is 2.32. The smallest absolute Gasteiger partial charge is 0.240 e. The number of nitrogens with one attached hydrogen (secondary N) is 1. The summed E-state index contributed by atoms with van der Waals surface area (Å²) in [6, 6.07) is 8.86. The summed E-state index contributed by atoms with van der Waals surface area (Å²) in [5.74, 6) is 0.257. The number of aromatic nitrogens is 4. The fourth-order valence-corrected chi connectivity index (χ4v) is 4.22. The van der Waals surface area contributed by atoms with Crippen LogP contribution in [0.4, 0.5) is 9.52 Å². The lowest BCUT2D eigenvalue weighted by Crippen LogP contribution is -2.42. The molecule has 5 rings (SSSR count). The fourth-order valence-electron chi connectivity index (χ4n) is 3.29. The van der Waals surface area contributed by atoms with Gasteiger partial charge < -0.3 is 10.1 Å². The van der Waals surface area contributed by atoms with Crippen LogP contribution >= 0.6 is 11.3 Å². The molecule has 8 heteroatoms. The molecule has 0 saturated heterocycles. The van der Waals surface area contributed by atoms with Gasteiger partial charge in [-0.1, -0.05) is 11.3 Å². The van der Waals surface area contributed by atoms with Crippen LogP contribution in [0, 0.1) is 12.7 Å². The lowest BCUT2D eigenvalue weighted by atomic mass is 9.89. The van der Waals surface area contributed by atoms with Crippen LogP contribution in [-0.4, -0.2) is 32.1 Å². The molecule has 6 nitrogen and oxygen atoms in total. The molecule has 29 heavy (non-hydrogen) atoms. The zero-order valence-electron chi connectivity index (χ0n) is 15.7. The summed E-state index contributed by atoms with van der Waals surface area (Å²) in [7, 11) is 0. The minimum atomic E-state index is -0.269. The molecule has 3 heterocycles. The molecule has 0 amide bonds. The first-order valence-corrected chi connectivity index (χ1v) is 10.2. The highest BCUT2D eigenvalue weighted by molar-refractivity contribution is 7.22. The predicted octanol–water partition coefficient (Wildman–Crippen LogP) is 4.62. The van der Waals surface area contributed by atoms with E-state index in [1.165, 1.54) is 23.5 Å². The maximum Gasteiger partial charge on any atom is 0.240 e. The van der Waals surface area contributed by atoms with E-state index in [-0.39, 0.29) is 18.0 Å². The van der Waals surface area contributed by atoms with E-state index < -0.39 is 0 Å². The Morgan fingerprint density at radius 3 is 2.79 bits per heavy atom. The second kappa shape index (κ2) is 7.36. The highest BCUT2D eigenvalue weighted by atomic mass is 32.1. The molecule has 1 fully saturated rings. The van der Waals surface area contributed by atoms with Gasteiger partial charge in [0.15, 0.2) is 5.13 Å². The molecule has 4 aromatic rings. The Hall–Kier alpha value is -3.13. The number of hydrogen-bond donors (Lipinski definition) is 1. The van der Waals surface area contributed by atoms with Crippen molar-refractivity contribution >= 4 is 26.7 Å². The second-order valence-corrected chi connectivity index (χ2v) is 8.11. The normalized spacial score (nSPS) is 18.4. The average molecular weight is 407 g/mol. The quantitative estimate of drug-likeness (QED) is 0.521. The maximum atomic E-state index is 13.3. The van der Waals surface area contributed by atoms with Gasteiger partial charge in [0, 0.05) is 54.8 Å². The minimum absolute atomic E-state index is 0.0631. The molecule has 0 radical (unpaired) electrons. The molecule has 0 aliphatic heterocycles. The number of pyridine rings is 1. The zero-order valence-corrected chi connectivity index (χ0v) is 16.5. The van der Waals surface area contributed by atoms with Gasteiger partial charge in [0.2, 0.25) is 5.88 Å². The van der Waals surface area contributed by atoms with Gasteiger partial charge in [-0.3, -0.25) is 4.98 Å². The van der Waals surface area contributed by atoms with Gasteiger partial charge in [0.25, 0.3) is 0 Å². The van der Waals surface area contributed by atoms with Crippen molar-refractivity contribution in [2.75, 3.05) is 5.32 Å². The van der Waals surface area contributed by atoms with Crippen molar-refractivity contribution in [1.29, 1.82) is 0 Å². The third kappa shape index (κ3) is 3.75. The molecular formula is C21H18FN5OS. The van der Waals surface area contributed by atoms with Gasteiger partial charge in [-0.2, -0.15) is 0 Å². The average Bonchev–Trinajstić information content (AvgIpc) is 3.09. The summed E-state index contributed by atoms with van der Waals surface area (Å²) in [6.45, 7) is 1.95. The van der Waals surface area contributed by atoms with Crippen LogP contribution in [-0.2, 0) is 0 Å². The molecule has 1 N–H and O–H groups in total. The monoisotopic (exact) mass is 407 g/mol. The summed E-state index contributed by atoms with van der Waals surface area (Å²) in [5.41, 5.74) is 3.21. The lowest BCUT2D eigenvalue weighted by molar-refractivity contribution is 0.103. The number of thiazole rings is 1. The van der Waals surface area contributed by atoms with Crippen molar-refractivity contribution in [1.82, 2.24) is 19.9 Å². The van der Waals surface area contributed by atoms with E-state index in [1.807, 2.05) is 19.1 Å². The molecular weight excluding hydrogens is 389 g/mol. The molecule has 1 aromatic carbocycles. The van der Waals surface area contributed by atoms with Gasteiger partial charge in [-0.15, -0.1) is 0 Å². The van der Waals surface area contributed by atoms with E-state index in [2.05, 4.69) is 25.3 Å². The number of ether oxygens (including phenoxy) is 1. The Balaban J connectivity index is 1.23. The van der Waals surface area contributed by atoms with Gasteiger partial charge in [-0.05, 0) is 31.2 Å². The van der Waals surface area contributed by atoms with Crippen LogP contribution in [0.3, 0.4) is 0 Å². The molecule has 1 saturated carbocycles. The summed E-state index contributed by atoms with van der Waals surface area (Å²) in [4.78, 5) is 17.6. The molecule has 1 aliphatic carbocycles. The number of benzene rings is 1. The minimum Gasteiger partial charge on any atom is -0.473 e. The number of fused-ring (bicyclic) bond motifs is 1. The molecule has 0 bridgehead atoms. The summed E-state index contributed by atoms with van der Waals surface area (Å²) in [5, 5.41) is 4.22. The first-order chi connectivity index (χ1) is 14.1. The molecule has 0 atom stereocenters. The van der Waals surface area contributed by atoms with Crippen molar-refractivity contribution < 1.29 is 9.13 Å². The summed E-state index contributed by atoms with van der Waals surface area (Å²) in [6.07, 6.45) is 6.82. The number of rotatable bonds is 5. The summed E-state index contributed by atoms with van der Waals surface area (Å²) < 4.78 is 20.4. The Bertz CT molecular complexity index is 1160. The first-order valence-electron chi connectivity index (χ1n) is 9.37. The van der Waals surface area contributed by atoms with Crippen LogP contribution in [0.15, 0.2) is 48.9 Å². The van der Waals surface area contributed by atoms with E-state index in [4.69, 9.17) is 4.74 Å². The second-order valence-electron chi connectivity index (χ2n) is 7.08. The standard InChI is InChI=1S/C21H18FN5OS/c1-12-2-3-13(11-25-12)19-20(24-7-6-23-19)28-16-9-15(10-16)26-21-27-17-8-14(22)4-5-18(17)29-21/h2-8,11,15-16H,9-10H2,1H3,(H,26,27)/t15-,16-. The lowest BCUT2D eigenvalue weighted by Gasteiger charge is -2.35. The number of aryl methyl sites for hydroxylation is 1. The third-order valence-electron chi connectivity index (χ3n) is 4.90. The van der Waals surface area contributed by atoms with E-state index in [0.29, 0.717) is 17.1 Å². The Morgan fingerprint density at radius 1 is 1.10 bits per heavy atom. The van der Waals surface area contributed by atoms with Crippen molar-refractivity contribution in [3.63, 3.8) is 0 Å². The molecule has 0 spiro atoms. The van der Waals surface area contributed by atoms with Gasteiger partial charge in [-0.25, -0.2) is 19.3 Å². The van der Waals surface area contributed by atoms with Crippen LogP contribution in [0.2, 0.25) is 0 Å². The molecule has 3 aromatic heterocycles. The van der Waals surface area contributed by atoms with Crippen molar-refractivity contribution in [3.8, 4) is 17.1 Å². The molecule has 0 unspecified atom stereocenters. The SMILES string of the molecule is Cc1ccc(-c2nccnc2O[C@H]2C[C@H](Nc3nc4cc(F)ccc4s3)C2)cn1. The largest absolute Gasteiger partial charge is 0.473 e. The Labute approximate surface area is 170 Å². The predicted molar refractivity (Wildman–Crippen MR) is 111 cm³/mol. The van der Waals surface area contributed by atoms with Crippen LogP contribution < -0.4 is 10.1 Å². The third-order valence-corrected chi connectivity index (χ3v) is 5.87. The van der Waals surface area contributed by atoms with E-state index in [9.17, 15) is 4.39 Å². The highest BCUT2D eigenvalue weighted by Crippen LogP contribution is 2.34. The van der Waals surface area contributed by atoms with Crippen LogP contribution in [0.5, 0.6) is 5.88 Å². The topological polar surface area (TPSA) is 72.8 Å². The van der Waals surface area contributed by atoms with E-state index >= 15 is 0 Å². The van der Waals surface area contributed by atoms with Crippen molar-refractivity contribution in [2.45, 2.75) is 31.9 Å². The Morgan fingerprint density at radius 2 is 1.97 bits per heavy atom. The van der Waals surface area contributed by atoms with Gasteiger partial charge in [0.1, 0.15) is 17.6 Å². The maximum absolute atomic E-state index is 13.3. The van der Waals surface area contributed by atoms with Crippen molar-refractivity contribution in [3.05, 3.63) is 60.4 Å². The summed E-state index contributed by atoms with van der Waals surface area (Å²) >= 11 is 1.53. The van der Waals surface area contributed by atoms with Gasteiger partial charge >= 0.3 is 0 Å². The number of hydrogen-bond acceptors (Lipinski definition) is 7. The molecule has 146 valence electrons. The fraction of sp³-hybridized carbons (Fsp3) is 0.238.